The Labute approximate surface area is 124 Å². The summed E-state index contributed by atoms with van der Waals surface area (Å²) >= 11 is 0. The van der Waals surface area contributed by atoms with Gasteiger partial charge in [-0.05, 0) is 24.5 Å². The van der Waals surface area contributed by atoms with Gasteiger partial charge in [-0.2, -0.15) is 0 Å². The lowest BCUT2D eigenvalue weighted by Gasteiger charge is -2.26. The van der Waals surface area contributed by atoms with Crippen LogP contribution in [0.3, 0.4) is 0 Å². The number of hydrogen-bond donors (Lipinski definition) is 2. The normalized spacial score (nSPS) is 17.3. The average molecular weight is 284 g/mol. The molecule has 2 N–H and O–H groups in total. The molecule has 0 aliphatic carbocycles. The van der Waals surface area contributed by atoms with Crippen LogP contribution in [0.2, 0.25) is 0 Å². The fourth-order valence-electron chi connectivity index (χ4n) is 2.68. The first-order chi connectivity index (χ1) is 10.1. The van der Waals surface area contributed by atoms with E-state index in [0.717, 1.165) is 18.8 Å². The van der Waals surface area contributed by atoms with E-state index in [1.54, 1.807) is 10.8 Å². The maximum Gasteiger partial charge on any atom is 0.269 e. The van der Waals surface area contributed by atoms with Crippen LogP contribution in [-0.2, 0) is 20.0 Å². The number of imidazole rings is 1. The van der Waals surface area contributed by atoms with Crippen molar-refractivity contribution < 1.29 is 4.79 Å². The molecule has 5 nitrogen and oxygen atoms in total. The van der Waals surface area contributed by atoms with Crippen molar-refractivity contribution in [1.29, 1.82) is 0 Å². The van der Waals surface area contributed by atoms with Crippen LogP contribution in [0.5, 0.6) is 0 Å². The molecular weight excluding hydrogens is 264 g/mol. The molecule has 1 unspecified atom stereocenters. The second-order valence-electron chi connectivity index (χ2n) is 5.51. The Balaban J connectivity index is 1.59. The Morgan fingerprint density at radius 2 is 2.19 bits per heavy atom. The number of carbonyl (C=O) groups is 1. The molecule has 5 heteroatoms. The molecule has 1 atom stereocenters. The summed E-state index contributed by atoms with van der Waals surface area (Å²) in [6.45, 7) is 3.37. The summed E-state index contributed by atoms with van der Waals surface area (Å²) in [5, 5.41) is 6.46. The smallest absolute Gasteiger partial charge is 0.269 e. The number of nitrogens with zero attached hydrogens (tertiary/aromatic N) is 2. The second-order valence-corrected chi connectivity index (χ2v) is 5.51. The number of benzene rings is 1. The van der Waals surface area contributed by atoms with Gasteiger partial charge in [-0.1, -0.05) is 24.3 Å². The molecule has 0 bridgehead atoms. The van der Waals surface area contributed by atoms with E-state index in [1.165, 1.54) is 11.1 Å². The monoisotopic (exact) mass is 284 g/mol. The van der Waals surface area contributed by atoms with Crippen LogP contribution in [0, 0.1) is 6.92 Å². The zero-order valence-corrected chi connectivity index (χ0v) is 12.4. The van der Waals surface area contributed by atoms with Crippen molar-refractivity contribution in [2.45, 2.75) is 25.9 Å². The van der Waals surface area contributed by atoms with Crippen LogP contribution in [-0.4, -0.2) is 28.0 Å². The fourth-order valence-corrected chi connectivity index (χ4v) is 2.68. The van der Waals surface area contributed by atoms with Crippen molar-refractivity contribution >= 4 is 5.91 Å². The molecular formula is C16H20N4O. The van der Waals surface area contributed by atoms with Crippen LogP contribution in [0.4, 0.5) is 0 Å². The van der Waals surface area contributed by atoms with Crippen molar-refractivity contribution in [3.63, 3.8) is 0 Å². The highest BCUT2D eigenvalue weighted by Gasteiger charge is 2.19. The van der Waals surface area contributed by atoms with E-state index in [2.05, 4.69) is 39.9 Å². The Kier molecular flexibility index (Phi) is 3.75. The molecule has 0 spiro atoms. The SMILES string of the molecule is Cc1ncc(C(=O)NCC2Cc3ccccc3CN2)n1C. The molecule has 0 saturated heterocycles. The summed E-state index contributed by atoms with van der Waals surface area (Å²) in [6, 6.07) is 8.72. The lowest BCUT2D eigenvalue weighted by atomic mass is 9.96. The van der Waals surface area contributed by atoms with Gasteiger partial charge in [-0.25, -0.2) is 4.98 Å². The molecule has 3 rings (SSSR count). The predicted octanol–water partition coefficient (Wildman–Crippen LogP) is 1.17. The van der Waals surface area contributed by atoms with Gasteiger partial charge in [0, 0.05) is 26.2 Å². The third-order valence-electron chi connectivity index (χ3n) is 4.13. The second kappa shape index (κ2) is 5.69. The number of fused-ring (bicyclic) bond motifs is 1. The summed E-state index contributed by atoms with van der Waals surface area (Å²) in [6.07, 6.45) is 2.56. The largest absolute Gasteiger partial charge is 0.349 e. The molecule has 21 heavy (non-hydrogen) atoms. The molecule has 0 fully saturated rings. The van der Waals surface area contributed by atoms with Crippen LogP contribution >= 0.6 is 0 Å². The lowest BCUT2D eigenvalue weighted by molar-refractivity contribution is 0.0940. The number of carbonyl (C=O) groups excluding carboxylic acids is 1. The minimum Gasteiger partial charge on any atom is -0.349 e. The van der Waals surface area contributed by atoms with Crippen molar-refractivity contribution in [2.24, 2.45) is 7.05 Å². The van der Waals surface area contributed by atoms with Crippen molar-refractivity contribution in [3.8, 4) is 0 Å². The topological polar surface area (TPSA) is 59.0 Å². The van der Waals surface area contributed by atoms with E-state index >= 15 is 0 Å². The van der Waals surface area contributed by atoms with Crippen molar-refractivity contribution in [3.05, 3.63) is 53.1 Å². The van der Waals surface area contributed by atoms with E-state index in [-0.39, 0.29) is 11.9 Å². The number of aryl methyl sites for hydroxylation is 1. The van der Waals surface area contributed by atoms with E-state index in [4.69, 9.17) is 0 Å². The fraction of sp³-hybridized carbons (Fsp3) is 0.375. The molecule has 2 aromatic rings. The van der Waals surface area contributed by atoms with E-state index in [1.807, 2.05) is 14.0 Å². The van der Waals surface area contributed by atoms with Crippen molar-refractivity contribution in [1.82, 2.24) is 20.2 Å². The Bertz CT molecular complexity index is 662. The Morgan fingerprint density at radius 3 is 2.90 bits per heavy atom. The van der Waals surface area contributed by atoms with E-state index < -0.39 is 0 Å². The summed E-state index contributed by atoms with van der Waals surface area (Å²) in [5.74, 6) is 0.767. The van der Waals surface area contributed by atoms with E-state index in [9.17, 15) is 4.79 Å². The first-order valence-corrected chi connectivity index (χ1v) is 7.22. The number of aromatic nitrogens is 2. The molecule has 110 valence electrons. The summed E-state index contributed by atoms with van der Waals surface area (Å²) in [7, 11) is 1.85. The number of amides is 1. The molecule has 1 aliphatic rings. The molecule has 1 aromatic carbocycles. The maximum atomic E-state index is 12.2. The van der Waals surface area contributed by atoms with Gasteiger partial charge < -0.3 is 15.2 Å². The zero-order chi connectivity index (χ0) is 14.8. The van der Waals surface area contributed by atoms with Gasteiger partial charge in [0.05, 0.1) is 6.20 Å². The molecule has 0 saturated carbocycles. The highest BCUT2D eigenvalue weighted by Crippen LogP contribution is 2.15. The highest BCUT2D eigenvalue weighted by molar-refractivity contribution is 5.92. The highest BCUT2D eigenvalue weighted by atomic mass is 16.1. The maximum absolute atomic E-state index is 12.2. The minimum absolute atomic E-state index is 0.0706. The van der Waals surface area contributed by atoms with Crippen LogP contribution in [0.1, 0.15) is 27.4 Å². The van der Waals surface area contributed by atoms with Crippen LogP contribution in [0.25, 0.3) is 0 Å². The lowest BCUT2D eigenvalue weighted by Crippen LogP contribution is -2.44. The molecule has 0 radical (unpaired) electrons. The number of nitrogens with one attached hydrogen (secondary N) is 2. The molecule has 1 aromatic heterocycles. The Hall–Kier alpha value is -2.14. The minimum atomic E-state index is -0.0706. The molecule has 2 heterocycles. The first kappa shape index (κ1) is 13.8. The number of rotatable bonds is 3. The summed E-state index contributed by atoms with van der Waals surface area (Å²) in [5.41, 5.74) is 3.32. The molecule has 1 amide bonds. The third-order valence-corrected chi connectivity index (χ3v) is 4.13. The summed E-state index contributed by atoms with van der Waals surface area (Å²) in [4.78, 5) is 16.3. The average Bonchev–Trinajstić information content (AvgIpc) is 2.84. The van der Waals surface area contributed by atoms with Gasteiger partial charge in [0.2, 0.25) is 0 Å². The predicted molar refractivity (Wildman–Crippen MR) is 81.1 cm³/mol. The van der Waals surface area contributed by atoms with Gasteiger partial charge in [0.1, 0.15) is 11.5 Å². The van der Waals surface area contributed by atoms with Crippen LogP contribution < -0.4 is 10.6 Å². The Morgan fingerprint density at radius 1 is 1.43 bits per heavy atom. The van der Waals surface area contributed by atoms with Gasteiger partial charge in [0.15, 0.2) is 0 Å². The zero-order valence-electron chi connectivity index (χ0n) is 12.4. The third kappa shape index (κ3) is 2.83. The van der Waals surface area contributed by atoms with Gasteiger partial charge in [-0.3, -0.25) is 4.79 Å². The van der Waals surface area contributed by atoms with Gasteiger partial charge in [0.25, 0.3) is 5.91 Å². The molecule has 1 aliphatic heterocycles. The quantitative estimate of drug-likeness (QED) is 0.889. The number of hydrogen-bond acceptors (Lipinski definition) is 3. The van der Waals surface area contributed by atoms with Crippen LogP contribution in [0.15, 0.2) is 30.5 Å². The summed E-state index contributed by atoms with van der Waals surface area (Å²) < 4.78 is 1.80. The van der Waals surface area contributed by atoms with Gasteiger partial charge in [-0.15, -0.1) is 0 Å². The first-order valence-electron chi connectivity index (χ1n) is 7.22. The van der Waals surface area contributed by atoms with E-state index in [0.29, 0.717) is 12.2 Å². The standard InChI is InChI=1S/C16H20N4O/c1-11-17-10-15(20(11)2)16(21)19-9-14-7-12-5-3-4-6-13(12)8-18-14/h3-6,10,14,18H,7-9H2,1-2H3,(H,19,21). The van der Waals surface area contributed by atoms with Crippen molar-refractivity contribution in [2.75, 3.05) is 6.54 Å². The van der Waals surface area contributed by atoms with Gasteiger partial charge >= 0.3 is 0 Å².